The molecule has 0 fully saturated rings. The van der Waals surface area contributed by atoms with Crippen molar-refractivity contribution in [3.05, 3.63) is 412 Å². The molecule has 2 aromatic heterocycles. The van der Waals surface area contributed by atoms with Crippen LogP contribution in [0.3, 0.4) is 0 Å². The van der Waals surface area contributed by atoms with Gasteiger partial charge in [-0.3, -0.25) is 0 Å². The van der Waals surface area contributed by atoms with E-state index >= 15 is 0 Å². The summed E-state index contributed by atoms with van der Waals surface area (Å²) in [5, 5.41) is 22.3. The first-order valence-electron chi connectivity index (χ1n) is 39.3. The average Bonchev–Trinajstić information content (AvgIpc) is 0.769. The van der Waals surface area contributed by atoms with Crippen molar-refractivity contribution in [2.24, 2.45) is 0 Å². The van der Waals surface area contributed by atoms with Gasteiger partial charge in [-0.25, -0.2) is 0 Å². The van der Waals surface area contributed by atoms with Crippen molar-refractivity contribution >= 4 is 168 Å². The first-order valence-corrected chi connectivity index (χ1v) is 43.6. The second kappa shape index (κ2) is 27.9. The number of furan rings is 2. The summed E-state index contributed by atoms with van der Waals surface area (Å²) in [5.41, 5.74) is 16.5. The predicted octanol–water partition coefficient (Wildman–Crippen LogP) is 23.4. The fraction of sp³-hybridized carbons (Fsp3) is 0.0566. The normalized spacial score (nSPS) is 12.2. The summed E-state index contributed by atoms with van der Waals surface area (Å²) in [6.07, 6.45) is 0. The van der Waals surface area contributed by atoms with Crippen LogP contribution >= 0.6 is 0 Å². The first kappa shape index (κ1) is 67.9. The van der Waals surface area contributed by atoms with Crippen molar-refractivity contribution in [1.82, 2.24) is 0 Å². The van der Waals surface area contributed by atoms with Gasteiger partial charge in [-0.05, 0) is 62.1 Å². The summed E-state index contributed by atoms with van der Waals surface area (Å²) in [7, 11) is -6.17. The molecule has 0 saturated heterocycles. The van der Waals surface area contributed by atoms with Gasteiger partial charge < -0.3 is 9.32 Å². The zero-order valence-electron chi connectivity index (χ0n) is 63.0. The maximum absolute atomic E-state index is 7.22. The third-order valence-corrected chi connectivity index (χ3v) is 34.4. The number of hydrogen-bond donors (Lipinski definition) is 0. The van der Waals surface area contributed by atoms with Crippen LogP contribution in [0.1, 0.15) is 50.7 Å². The molecule has 2 heterocycles. The van der Waals surface area contributed by atoms with Crippen LogP contribution in [0.25, 0.3) is 98.4 Å². The Morgan fingerprint density at radius 2 is 0.545 bits per heavy atom. The van der Waals surface area contributed by atoms with Gasteiger partial charge >= 0.3 is 340 Å². The second-order valence-electron chi connectivity index (χ2n) is 30.7. The van der Waals surface area contributed by atoms with Gasteiger partial charge in [-0.15, -0.1) is 0 Å². The van der Waals surface area contributed by atoms with Crippen molar-refractivity contribution in [1.29, 1.82) is 0 Å². The quantitative estimate of drug-likeness (QED) is 0.0487. The molecule has 6 heteroatoms. The van der Waals surface area contributed by atoms with E-state index in [1.165, 1.54) is 74.2 Å². The number of para-hydroxylation sites is 6. The van der Waals surface area contributed by atoms with Crippen LogP contribution in [0.15, 0.2) is 409 Å². The van der Waals surface area contributed by atoms with Gasteiger partial charge in [-0.2, -0.15) is 0 Å². The number of anilines is 6. The Morgan fingerprint density at radius 1 is 0.241 bits per heavy atom. The van der Waals surface area contributed by atoms with Crippen LogP contribution in [-0.2, 0) is 0 Å². The van der Waals surface area contributed by atoms with Crippen molar-refractivity contribution in [3.8, 4) is 22.3 Å². The number of fused-ring (bicyclic) bond motifs is 6. The molecule has 4 nitrogen and oxygen atoms in total. The molecule has 112 heavy (non-hydrogen) atoms. The van der Waals surface area contributed by atoms with Gasteiger partial charge in [0.25, 0.3) is 0 Å². The van der Waals surface area contributed by atoms with E-state index in [0.717, 1.165) is 111 Å². The topological polar surface area (TPSA) is 32.8 Å². The third-order valence-electron chi connectivity index (χ3n) is 24.1. The van der Waals surface area contributed by atoms with Gasteiger partial charge in [0.2, 0.25) is 0 Å². The standard InChI is InChI=1S/C106H81N2O2Si2/c1-71(2)93-69-99(107(97-53-31-49-89-85-47-25-29-55-101(85)109-105(89)97)95-51-27-23-45-83(95)73-57-61-81(62-58-73)111(75-33-11-5-12-34-75,76-35-13-6-14-36-76)77-37-15-7-16-38-77)91-68-66-88-94(72(3)4)70-100(92-67-65-87(93)103(91)104(88)92)108(98-54-32-50-90-86-48-26-30-56-102(86)110-106(90)98)96-52-28-24-46-84(96)74-59-63-82(64-60-74)112(78-39-17-8-18-40-78,79-41-19-9-20-42-79)80-43-21-10-22-44-80/h5-72,111H,1-4H3/q-1. The Labute approximate surface area is 655 Å². The van der Waals surface area contributed by atoms with E-state index in [4.69, 9.17) is 8.83 Å². The zero-order valence-corrected chi connectivity index (χ0v) is 65.2. The van der Waals surface area contributed by atoms with Crippen molar-refractivity contribution in [3.63, 3.8) is 0 Å². The summed E-state index contributed by atoms with van der Waals surface area (Å²) in [5.74, 6) is 0.258. The van der Waals surface area contributed by atoms with Crippen LogP contribution < -0.4 is 51.3 Å². The summed E-state index contributed by atoms with van der Waals surface area (Å²) >= 11 is 0. The van der Waals surface area contributed by atoms with Crippen LogP contribution in [-0.4, -0.2) is 16.1 Å². The van der Waals surface area contributed by atoms with Crippen molar-refractivity contribution < 1.29 is 8.83 Å². The molecule has 18 aromatic carbocycles. The fourth-order valence-corrected chi connectivity index (χ4v) is 29.3. The Kier molecular flexibility index (Phi) is 17.0. The van der Waals surface area contributed by atoms with Crippen LogP contribution in [0.4, 0.5) is 34.1 Å². The molecule has 0 unspecified atom stereocenters. The molecule has 0 atom stereocenters. The van der Waals surface area contributed by atoms with E-state index in [2.05, 4.69) is 438 Å². The molecular weight excluding hydrogens is 1390 g/mol. The molecule has 0 bridgehead atoms. The molecule has 20 rings (SSSR count). The summed E-state index contributed by atoms with van der Waals surface area (Å²) in [6, 6.07) is 150. The molecule has 0 radical (unpaired) electrons. The molecule has 0 amide bonds. The molecular formula is C106H81N2O2Si2-. The SMILES string of the molecule is CC(C)c1cc(N(c2ccccc2-c2ccc([Si](c3ccccc3)(c3ccccc3)c3ccccc3)cc2)c2cccc3c2oc2ccccc23)c2ccc3c(C(C)C)cc(N(c4ccccc4-c4ccc([SiH-](c5ccccc5)(c5ccccc5)c5ccccc5)cc4)c4cccc5c4oc4ccccc45)c4ccc1c2c34. The van der Waals surface area contributed by atoms with Gasteiger partial charge in [0.05, 0.1) is 17.1 Å². The Bertz CT molecular complexity index is 6250. The number of benzene rings is 18. The van der Waals surface area contributed by atoms with E-state index in [1.807, 2.05) is 0 Å². The van der Waals surface area contributed by atoms with Gasteiger partial charge in [0.15, 0.2) is 13.7 Å². The number of nitrogens with zero attached hydrogens (tertiary/aromatic N) is 2. The number of rotatable bonds is 18. The van der Waals surface area contributed by atoms with Crippen LogP contribution in [0, 0.1) is 0 Å². The van der Waals surface area contributed by atoms with E-state index in [-0.39, 0.29) is 11.8 Å². The number of hydrogen-bond acceptors (Lipinski definition) is 4. The summed E-state index contributed by atoms with van der Waals surface area (Å²) in [6.45, 7) is 9.43. The molecule has 536 valence electrons. The van der Waals surface area contributed by atoms with Gasteiger partial charge in [0.1, 0.15) is 5.58 Å². The Balaban J connectivity index is 0.828. The second-order valence-corrected chi connectivity index (χ2v) is 38.9. The van der Waals surface area contributed by atoms with E-state index in [1.54, 1.807) is 0 Å². The van der Waals surface area contributed by atoms with E-state index < -0.39 is 16.1 Å². The van der Waals surface area contributed by atoms with Gasteiger partial charge in [-0.1, -0.05) is 196 Å². The molecule has 0 spiro atoms. The summed E-state index contributed by atoms with van der Waals surface area (Å²) in [4.78, 5) is 5.08. The molecule has 0 aliphatic carbocycles. The summed E-state index contributed by atoms with van der Waals surface area (Å²) < 4.78 is 14.4. The van der Waals surface area contributed by atoms with Gasteiger partial charge in [0, 0.05) is 16.3 Å². The molecule has 0 saturated carbocycles. The van der Waals surface area contributed by atoms with E-state index in [0.29, 0.717) is 0 Å². The monoisotopic (exact) mass is 1470 g/mol. The Morgan fingerprint density at radius 3 is 0.938 bits per heavy atom. The molecule has 0 aliphatic heterocycles. The Hall–Kier alpha value is -13.4. The van der Waals surface area contributed by atoms with Crippen LogP contribution in [0.2, 0.25) is 0 Å². The molecule has 0 aliphatic rings. The molecule has 0 N–H and O–H groups in total. The first-order chi connectivity index (χ1) is 55.2. The van der Waals surface area contributed by atoms with E-state index in [9.17, 15) is 0 Å². The average molecular weight is 1470 g/mol. The van der Waals surface area contributed by atoms with Crippen molar-refractivity contribution in [2.45, 2.75) is 39.5 Å². The minimum atomic E-state index is -3.31. The third kappa shape index (κ3) is 10.9. The minimum absolute atomic E-state index is 0.129. The fourth-order valence-electron chi connectivity index (χ4n) is 19.1. The predicted molar refractivity (Wildman–Crippen MR) is 482 cm³/mol. The molecule has 20 aromatic rings. The van der Waals surface area contributed by atoms with Crippen LogP contribution in [0.5, 0.6) is 0 Å². The zero-order chi connectivity index (χ0) is 75.0. The van der Waals surface area contributed by atoms with Crippen molar-refractivity contribution in [2.75, 3.05) is 9.80 Å². The maximum atomic E-state index is 7.22.